The summed E-state index contributed by atoms with van der Waals surface area (Å²) >= 11 is 0. The monoisotopic (exact) mass is 466 g/mol. The summed E-state index contributed by atoms with van der Waals surface area (Å²) in [5.41, 5.74) is 5.71. The molecule has 1 saturated carbocycles. The van der Waals surface area contributed by atoms with Crippen molar-refractivity contribution in [1.82, 2.24) is 10.2 Å². The van der Waals surface area contributed by atoms with Crippen LogP contribution in [0.2, 0.25) is 0 Å². The number of rotatable bonds is 8. The van der Waals surface area contributed by atoms with Crippen molar-refractivity contribution in [3.05, 3.63) is 0 Å². The smallest absolute Gasteiger partial charge is 0.217 e. The van der Waals surface area contributed by atoms with Crippen LogP contribution in [0, 0.1) is 11.3 Å². The second-order valence-electron chi connectivity index (χ2n) is 7.39. The molecule has 1 atom stereocenters. The number of halogens is 1. The van der Waals surface area contributed by atoms with E-state index < -0.39 is 0 Å². The third-order valence-electron chi connectivity index (χ3n) is 5.46. The van der Waals surface area contributed by atoms with Crippen molar-refractivity contribution in [2.75, 3.05) is 39.9 Å². The molecule has 1 unspecified atom stereocenters. The van der Waals surface area contributed by atoms with Crippen molar-refractivity contribution < 1.29 is 9.53 Å². The zero-order chi connectivity index (χ0) is 17.4. The number of nitrogens with one attached hydrogen (secondary N) is 1. The second-order valence-corrected chi connectivity index (χ2v) is 7.39. The molecule has 146 valence electrons. The Hall–Kier alpha value is -0.570. The number of likely N-dealkylation sites (tertiary alicyclic amines) is 1. The number of methoxy groups -OCH3 is 1. The predicted molar refractivity (Wildman–Crippen MR) is 112 cm³/mol. The van der Waals surface area contributed by atoms with Crippen LogP contribution in [0.5, 0.6) is 0 Å². The van der Waals surface area contributed by atoms with Gasteiger partial charge in [-0.15, -0.1) is 24.0 Å². The lowest BCUT2D eigenvalue weighted by Gasteiger charge is -2.41. The topological polar surface area (TPSA) is 80.0 Å². The summed E-state index contributed by atoms with van der Waals surface area (Å²) < 4.78 is 5.28. The molecule has 1 aliphatic heterocycles. The van der Waals surface area contributed by atoms with E-state index in [-0.39, 0.29) is 29.9 Å². The third kappa shape index (κ3) is 6.92. The fourth-order valence-corrected chi connectivity index (χ4v) is 3.86. The summed E-state index contributed by atoms with van der Waals surface area (Å²) in [7, 11) is 1.77. The summed E-state index contributed by atoms with van der Waals surface area (Å²) in [6.07, 6.45) is 7.56. The molecule has 0 bridgehead atoms. The number of guanidine groups is 1. The van der Waals surface area contributed by atoms with E-state index in [1.165, 1.54) is 19.3 Å². The lowest BCUT2D eigenvalue weighted by Crippen LogP contribution is -2.48. The van der Waals surface area contributed by atoms with E-state index in [9.17, 15) is 4.79 Å². The standard InChI is InChI=1S/C18H34N4O2.HI/c1-3-20-17(21-14-18(7-5-8-18)9-11-24-2)22-10-4-6-15(13-22)12-16(19)23;/h15H,3-14H2,1-2H3,(H2,19,23)(H,20,21);1H. The molecule has 2 fully saturated rings. The third-order valence-corrected chi connectivity index (χ3v) is 5.46. The first-order chi connectivity index (χ1) is 11.6. The van der Waals surface area contributed by atoms with E-state index in [2.05, 4.69) is 17.1 Å². The fourth-order valence-electron chi connectivity index (χ4n) is 3.86. The van der Waals surface area contributed by atoms with Gasteiger partial charge in [0.1, 0.15) is 0 Å². The van der Waals surface area contributed by atoms with Gasteiger partial charge in [-0.2, -0.15) is 0 Å². The van der Waals surface area contributed by atoms with Crippen LogP contribution < -0.4 is 11.1 Å². The van der Waals surface area contributed by atoms with Crippen LogP contribution in [0.15, 0.2) is 4.99 Å². The van der Waals surface area contributed by atoms with Gasteiger partial charge in [-0.1, -0.05) is 6.42 Å². The molecule has 2 aliphatic rings. The number of hydrogen-bond donors (Lipinski definition) is 2. The van der Waals surface area contributed by atoms with E-state index >= 15 is 0 Å². The van der Waals surface area contributed by atoms with Crippen LogP contribution in [0.1, 0.15) is 51.9 Å². The Morgan fingerprint density at radius 2 is 2.16 bits per heavy atom. The molecule has 0 aromatic carbocycles. The number of piperidine rings is 1. The Kier molecular flexibility index (Phi) is 10.1. The number of carbonyl (C=O) groups excluding carboxylic acids is 1. The van der Waals surface area contributed by atoms with Gasteiger partial charge >= 0.3 is 0 Å². The van der Waals surface area contributed by atoms with Gasteiger partial charge < -0.3 is 20.7 Å². The van der Waals surface area contributed by atoms with Gasteiger partial charge in [-0.25, -0.2) is 0 Å². The van der Waals surface area contributed by atoms with Crippen LogP contribution in [0.4, 0.5) is 0 Å². The molecule has 0 aromatic heterocycles. The van der Waals surface area contributed by atoms with Crippen molar-refractivity contribution in [3.8, 4) is 0 Å². The fraction of sp³-hybridized carbons (Fsp3) is 0.889. The van der Waals surface area contributed by atoms with Crippen molar-refractivity contribution in [2.24, 2.45) is 22.1 Å². The van der Waals surface area contributed by atoms with Crippen LogP contribution in [0.25, 0.3) is 0 Å². The summed E-state index contributed by atoms with van der Waals surface area (Å²) in [6, 6.07) is 0. The SMILES string of the molecule is CCNC(=NCC1(CCOC)CCC1)N1CCCC(CC(N)=O)C1.I. The summed E-state index contributed by atoms with van der Waals surface area (Å²) in [5, 5.41) is 3.43. The number of nitrogens with two attached hydrogens (primary N) is 1. The number of ether oxygens (including phenoxy) is 1. The highest BCUT2D eigenvalue weighted by molar-refractivity contribution is 14.0. The maximum Gasteiger partial charge on any atom is 0.217 e. The molecule has 7 heteroatoms. The van der Waals surface area contributed by atoms with E-state index in [4.69, 9.17) is 15.5 Å². The summed E-state index contributed by atoms with van der Waals surface area (Å²) in [4.78, 5) is 18.5. The summed E-state index contributed by atoms with van der Waals surface area (Å²) in [6.45, 7) is 6.53. The number of nitrogens with zero attached hydrogens (tertiary/aromatic N) is 2. The van der Waals surface area contributed by atoms with Crippen molar-refractivity contribution in [1.29, 1.82) is 0 Å². The lowest BCUT2D eigenvalue weighted by molar-refractivity contribution is -0.119. The van der Waals surface area contributed by atoms with Crippen LogP contribution in [-0.2, 0) is 9.53 Å². The zero-order valence-electron chi connectivity index (χ0n) is 15.8. The Labute approximate surface area is 169 Å². The van der Waals surface area contributed by atoms with Crippen molar-refractivity contribution in [3.63, 3.8) is 0 Å². The van der Waals surface area contributed by atoms with Crippen molar-refractivity contribution >= 4 is 35.8 Å². The molecule has 25 heavy (non-hydrogen) atoms. The molecule has 1 heterocycles. The quantitative estimate of drug-likeness (QED) is 0.327. The van der Waals surface area contributed by atoms with E-state index in [0.717, 1.165) is 58.0 Å². The predicted octanol–water partition coefficient (Wildman–Crippen LogP) is 2.36. The van der Waals surface area contributed by atoms with Gasteiger partial charge in [0.05, 0.1) is 0 Å². The van der Waals surface area contributed by atoms with Gasteiger partial charge in [0, 0.05) is 46.3 Å². The first kappa shape index (κ1) is 22.5. The Bertz CT molecular complexity index is 441. The van der Waals surface area contributed by atoms with Gasteiger partial charge in [-0.3, -0.25) is 9.79 Å². The number of hydrogen-bond acceptors (Lipinski definition) is 3. The number of carbonyl (C=O) groups is 1. The molecule has 2 rings (SSSR count). The largest absolute Gasteiger partial charge is 0.385 e. The minimum atomic E-state index is -0.197. The molecular weight excluding hydrogens is 431 g/mol. The maximum absolute atomic E-state index is 11.2. The highest BCUT2D eigenvalue weighted by Crippen LogP contribution is 2.44. The zero-order valence-corrected chi connectivity index (χ0v) is 18.1. The molecule has 3 N–H and O–H groups in total. The lowest BCUT2D eigenvalue weighted by atomic mass is 9.67. The Morgan fingerprint density at radius 3 is 2.72 bits per heavy atom. The van der Waals surface area contributed by atoms with Gasteiger partial charge in [-0.05, 0) is 50.4 Å². The van der Waals surface area contributed by atoms with E-state index in [0.29, 0.717) is 17.8 Å². The van der Waals surface area contributed by atoms with E-state index in [1.54, 1.807) is 7.11 Å². The molecule has 1 aliphatic carbocycles. The highest BCUT2D eigenvalue weighted by Gasteiger charge is 2.36. The second kappa shape index (κ2) is 11.2. The Morgan fingerprint density at radius 1 is 1.40 bits per heavy atom. The van der Waals surface area contributed by atoms with Gasteiger partial charge in [0.2, 0.25) is 5.91 Å². The minimum Gasteiger partial charge on any atom is -0.385 e. The van der Waals surface area contributed by atoms with Crippen LogP contribution in [-0.4, -0.2) is 56.7 Å². The average molecular weight is 466 g/mol. The van der Waals surface area contributed by atoms with Gasteiger partial charge in [0.25, 0.3) is 0 Å². The van der Waals surface area contributed by atoms with Crippen molar-refractivity contribution in [2.45, 2.75) is 51.9 Å². The Balaban J connectivity index is 0.00000312. The molecule has 0 aromatic rings. The number of primary amides is 1. The molecule has 1 amide bonds. The molecule has 1 saturated heterocycles. The maximum atomic E-state index is 11.2. The molecule has 6 nitrogen and oxygen atoms in total. The number of aliphatic imine (C=N–C) groups is 1. The highest BCUT2D eigenvalue weighted by atomic mass is 127. The summed E-state index contributed by atoms with van der Waals surface area (Å²) in [5.74, 6) is 1.15. The molecular formula is C18H35IN4O2. The first-order valence-corrected chi connectivity index (χ1v) is 9.39. The minimum absolute atomic E-state index is 0. The van der Waals surface area contributed by atoms with Crippen LogP contribution in [0.3, 0.4) is 0 Å². The normalized spacial score (nSPS) is 22.7. The molecule has 0 radical (unpaired) electrons. The van der Waals surface area contributed by atoms with Gasteiger partial charge in [0.15, 0.2) is 5.96 Å². The number of amides is 1. The van der Waals surface area contributed by atoms with Crippen LogP contribution >= 0.6 is 24.0 Å². The first-order valence-electron chi connectivity index (χ1n) is 9.39. The molecule has 0 spiro atoms. The average Bonchev–Trinajstić information content (AvgIpc) is 2.52. The van der Waals surface area contributed by atoms with E-state index in [1.807, 2.05) is 0 Å².